The van der Waals surface area contributed by atoms with Crippen molar-refractivity contribution in [3.05, 3.63) is 58.7 Å². The molecule has 2 aromatic rings. The van der Waals surface area contributed by atoms with Gasteiger partial charge in [0.1, 0.15) is 11.5 Å². The third-order valence-electron chi connectivity index (χ3n) is 4.35. The Bertz CT molecular complexity index is 663. The molecule has 0 radical (unpaired) electrons. The van der Waals surface area contributed by atoms with Gasteiger partial charge in [0.15, 0.2) is 0 Å². The summed E-state index contributed by atoms with van der Waals surface area (Å²) in [5.41, 5.74) is 4.30. The Morgan fingerprint density at radius 3 is 1.62 bits per heavy atom. The zero-order chi connectivity index (χ0) is 18.1. The van der Waals surface area contributed by atoms with Gasteiger partial charge in [-0.05, 0) is 51.6 Å². The molecule has 0 saturated heterocycles. The average Bonchev–Trinajstić information content (AvgIpc) is 2.47. The van der Waals surface area contributed by atoms with Crippen molar-refractivity contribution >= 4 is 0 Å². The van der Waals surface area contributed by atoms with Crippen LogP contribution in [0.5, 0.6) is 11.5 Å². The number of hydrogen-bond acceptors (Lipinski definition) is 2. The fraction of sp³-hybridized carbons (Fsp3) is 0.455. The molecule has 24 heavy (non-hydrogen) atoms. The minimum Gasteiger partial charge on any atom is -0.507 e. The molecule has 0 bridgehead atoms. The summed E-state index contributed by atoms with van der Waals surface area (Å²) in [4.78, 5) is 0. The smallest absolute Gasteiger partial charge is 0.123 e. The lowest BCUT2D eigenvalue weighted by atomic mass is 9.78. The maximum Gasteiger partial charge on any atom is 0.123 e. The van der Waals surface area contributed by atoms with E-state index in [1.165, 1.54) is 11.1 Å². The lowest BCUT2D eigenvalue weighted by molar-refractivity contribution is 0.414. The van der Waals surface area contributed by atoms with Crippen molar-refractivity contribution in [3.8, 4) is 11.5 Å². The lowest BCUT2D eigenvalue weighted by Crippen LogP contribution is -2.18. The summed E-state index contributed by atoms with van der Waals surface area (Å²) in [6, 6.07) is 12.5. The summed E-state index contributed by atoms with van der Waals surface area (Å²) in [6.45, 7) is 12.9. The average molecular weight is 326 g/mol. The predicted molar refractivity (Wildman–Crippen MR) is 101 cm³/mol. The SMILES string of the molecule is COc1ccc(Cc2cc(C(C)(C)C)c(O)c(C(C)(C)C)c2)cc1. The first-order chi connectivity index (χ1) is 11.0. The van der Waals surface area contributed by atoms with E-state index in [2.05, 4.69) is 65.8 Å². The third-order valence-corrected chi connectivity index (χ3v) is 4.35. The monoisotopic (exact) mass is 326 g/mol. The molecule has 0 spiro atoms. The van der Waals surface area contributed by atoms with Gasteiger partial charge in [-0.1, -0.05) is 65.8 Å². The zero-order valence-electron chi connectivity index (χ0n) is 16.0. The van der Waals surface area contributed by atoms with Crippen LogP contribution >= 0.6 is 0 Å². The normalized spacial score (nSPS) is 12.3. The maximum absolute atomic E-state index is 10.8. The van der Waals surface area contributed by atoms with Crippen LogP contribution in [0.25, 0.3) is 0 Å². The Balaban J connectivity index is 2.49. The summed E-state index contributed by atoms with van der Waals surface area (Å²) in [7, 11) is 1.68. The molecule has 0 aromatic heterocycles. The molecule has 0 fully saturated rings. The van der Waals surface area contributed by atoms with Gasteiger partial charge < -0.3 is 9.84 Å². The molecule has 0 saturated carbocycles. The zero-order valence-corrected chi connectivity index (χ0v) is 16.0. The van der Waals surface area contributed by atoms with Gasteiger partial charge in [-0.2, -0.15) is 0 Å². The van der Waals surface area contributed by atoms with Gasteiger partial charge in [0.2, 0.25) is 0 Å². The van der Waals surface area contributed by atoms with Crippen molar-refractivity contribution in [2.45, 2.75) is 58.8 Å². The summed E-state index contributed by atoms with van der Waals surface area (Å²) in [5, 5.41) is 10.8. The summed E-state index contributed by atoms with van der Waals surface area (Å²) in [6.07, 6.45) is 0.844. The fourth-order valence-electron chi connectivity index (χ4n) is 2.92. The molecule has 2 heteroatoms. The highest BCUT2D eigenvalue weighted by Crippen LogP contribution is 2.40. The highest BCUT2D eigenvalue weighted by atomic mass is 16.5. The van der Waals surface area contributed by atoms with E-state index >= 15 is 0 Å². The molecule has 2 nitrogen and oxygen atoms in total. The highest BCUT2D eigenvalue weighted by molar-refractivity contribution is 5.50. The molecule has 0 heterocycles. The first kappa shape index (κ1) is 18.4. The van der Waals surface area contributed by atoms with Gasteiger partial charge in [-0.15, -0.1) is 0 Å². The van der Waals surface area contributed by atoms with E-state index < -0.39 is 0 Å². The second kappa shape index (κ2) is 6.51. The summed E-state index contributed by atoms with van der Waals surface area (Å²) < 4.78 is 5.23. The van der Waals surface area contributed by atoms with E-state index in [9.17, 15) is 5.11 Å². The topological polar surface area (TPSA) is 29.5 Å². The Hall–Kier alpha value is -1.96. The first-order valence-electron chi connectivity index (χ1n) is 8.52. The van der Waals surface area contributed by atoms with Gasteiger partial charge in [0.25, 0.3) is 0 Å². The van der Waals surface area contributed by atoms with Crippen LogP contribution in [-0.4, -0.2) is 12.2 Å². The summed E-state index contributed by atoms with van der Waals surface area (Å²) >= 11 is 0. The van der Waals surface area contributed by atoms with Crippen LogP contribution in [0.3, 0.4) is 0 Å². The van der Waals surface area contributed by atoms with E-state index in [4.69, 9.17) is 4.74 Å². The van der Waals surface area contributed by atoms with E-state index in [1.54, 1.807) is 7.11 Å². The number of ether oxygens (including phenoxy) is 1. The van der Waals surface area contributed by atoms with Crippen molar-refractivity contribution in [2.24, 2.45) is 0 Å². The van der Waals surface area contributed by atoms with Crippen molar-refractivity contribution in [1.29, 1.82) is 0 Å². The Labute approximate surface area is 146 Å². The molecule has 130 valence electrons. The van der Waals surface area contributed by atoms with Gasteiger partial charge in [0, 0.05) is 0 Å². The fourth-order valence-corrected chi connectivity index (χ4v) is 2.92. The van der Waals surface area contributed by atoms with E-state index in [-0.39, 0.29) is 10.8 Å². The van der Waals surface area contributed by atoms with Crippen LogP contribution in [0.15, 0.2) is 36.4 Å². The van der Waals surface area contributed by atoms with Gasteiger partial charge in [-0.3, -0.25) is 0 Å². The van der Waals surface area contributed by atoms with Crippen molar-refractivity contribution in [3.63, 3.8) is 0 Å². The number of methoxy groups -OCH3 is 1. The standard InChI is InChI=1S/C22H30O2/c1-21(2,3)18-13-16(14-19(20(18)23)22(4,5)6)12-15-8-10-17(24-7)11-9-15/h8-11,13-14,23H,12H2,1-7H3. The van der Waals surface area contributed by atoms with E-state index in [0.717, 1.165) is 23.3 Å². The number of benzene rings is 2. The predicted octanol–water partition coefficient (Wildman–Crippen LogP) is 5.59. The Kier molecular flexibility index (Phi) is 4.98. The summed E-state index contributed by atoms with van der Waals surface area (Å²) in [5.74, 6) is 1.31. The van der Waals surface area contributed by atoms with Crippen LogP contribution in [-0.2, 0) is 17.3 Å². The molecule has 0 aliphatic rings. The Morgan fingerprint density at radius 1 is 0.792 bits per heavy atom. The van der Waals surface area contributed by atoms with Crippen molar-refractivity contribution in [2.75, 3.05) is 7.11 Å². The van der Waals surface area contributed by atoms with Gasteiger partial charge in [0.05, 0.1) is 7.11 Å². The second-order valence-corrected chi connectivity index (χ2v) is 8.56. The van der Waals surface area contributed by atoms with Crippen LogP contribution in [0.4, 0.5) is 0 Å². The molecule has 0 atom stereocenters. The molecule has 0 aliphatic heterocycles. The molecule has 2 aromatic carbocycles. The number of hydrogen-bond donors (Lipinski definition) is 1. The van der Waals surface area contributed by atoms with Crippen LogP contribution in [0.2, 0.25) is 0 Å². The van der Waals surface area contributed by atoms with Crippen LogP contribution < -0.4 is 4.74 Å². The minimum absolute atomic E-state index is 0.0972. The number of aromatic hydroxyl groups is 1. The van der Waals surface area contributed by atoms with Crippen molar-refractivity contribution < 1.29 is 9.84 Å². The molecule has 2 rings (SSSR count). The minimum atomic E-state index is -0.0972. The third kappa shape index (κ3) is 4.11. The van der Waals surface area contributed by atoms with Crippen LogP contribution in [0.1, 0.15) is 63.8 Å². The quantitative estimate of drug-likeness (QED) is 0.797. The van der Waals surface area contributed by atoms with E-state index in [0.29, 0.717) is 5.75 Å². The molecule has 1 N–H and O–H groups in total. The molecule has 0 unspecified atom stereocenters. The van der Waals surface area contributed by atoms with Gasteiger partial charge in [-0.25, -0.2) is 0 Å². The first-order valence-corrected chi connectivity index (χ1v) is 8.52. The van der Waals surface area contributed by atoms with Gasteiger partial charge >= 0.3 is 0 Å². The highest BCUT2D eigenvalue weighted by Gasteiger charge is 2.26. The second-order valence-electron chi connectivity index (χ2n) is 8.56. The van der Waals surface area contributed by atoms with Crippen LogP contribution in [0, 0.1) is 0 Å². The lowest BCUT2D eigenvalue weighted by Gasteiger charge is -2.28. The molecule has 0 amide bonds. The number of phenols is 1. The molecular weight excluding hydrogens is 296 g/mol. The molecular formula is C22H30O2. The number of phenolic OH excluding ortho intramolecular Hbond substituents is 1. The molecule has 0 aliphatic carbocycles. The van der Waals surface area contributed by atoms with Crippen molar-refractivity contribution in [1.82, 2.24) is 0 Å². The van der Waals surface area contributed by atoms with E-state index in [1.807, 2.05) is 12.1 Å². The largest absolute Gasteiger partial charge is 0.507 e. The maximum atomic E-state index is 10.8. The Morgan fingerprint density at radius 2 is 1.25 bits per heavy atom. The number of rotatable bonds is 3.